The van der Waals surface area contributed by atoms with Crippen molar-refractivity contribution in [1.82, 2.24) is 0 Å². The van der Waals surface area contributed by atoms with Crippen LogP contribution in [0.5, 0.6) is 0 Å². The van der Waals surface area contributed by atoms with Gasteiger partial charge in [0.25, 0.3) is 0 Å². The quantitative estimate of drug-likeness (QED) is 0.471. The van der Waals surface area contributed by atoms with Gasteiger partial charge in [-0.05, 0) is 13.3 Å². The fraction of sp³-hybridized carbons (Fsp3) is 0.714. The van der Waals surface area contributed by atoms with Gasteiger partial charge in [0.15, 0.2) is 0 Å². The number of hydrogen-bond donors (Lipinski definition) is 1. The first-order valence-electron chi connectivity index (χ1n) is 2.84. The average molecular weight is 147 g/mol. The molecule has 9 heavy (non-hydrogen) atoms. The molecule has 0 aliphatic rings. The van der Waals surface area contributed by atoms with Crippen LogP contribution in [0.2, 0.25) is 0 Å². The lowest BCUT2D eigenvalue weighted by molar-refractivity contribution is 0.0625. The molecule has 1 N–H and O–H groups in total. The first kappa shape index (κ1) is 8.81. The maximum absolute atomic E-state index is 9.29. The summed E-state index contributed by atoms with van der Waals surface area (Å²) in [6, 6.07) is 0. The maximum Gasteiger partial charge on any atom is 0.0739 e. The summed E-state index contributed by atoms with van der Waals surface area (Å²) in [5.74, 6) is 2.84. The van der Waals surface area contributed by atoms with Gasteiger partial charge in [-0.25, -0.2) is 0 Å². The largest absolute Gasteiger partial charge is 0.389 e. The van der Waals surface area contributed by atoms with E-state index >= 15 is 0 Å². The van der Waals surface area contributed by atoms with Crippen LogP contribution in [-0.2, 0) is 0 Å². The Morgan fingerprint density at radius 2 is 2.33 bits per heavy atom. The van der Waals surface area contributed by atoms with Crippen LogP contribution in [0, 0.1) is 12.3 Å². The lowest BCUT2D eigenvalue weighted by Gasteiger charge is -2.17. The fourth-order valence-electron chi connectivity index (χ4n) is 0.512. The van der Waals surface area contributed by atoms with Gasteiger partial charge in [-0.1, -0.05) is 0 Å². The number of hydrogen-bond acceptors (Lipinski definition) is 1. The zero-order valence-electron chi connectivity index (χ0n) is 5.52. The molecule has 0 radical (unpaired) electrons. The van der Waals surface area contributed by atoms with E-state index in [-0.39, 0.29) is 0 Å². The van der Waals surface area contributed by atoms with E-state index in [1.165, 1.54) is 0 Å². The third-order valence-corrected chi connectivity index (χ3v) is 1.30. The van der Waals surface area contributed by atoms with Gasteiger partial charge in [-0.3, -0.25) is 0 Å². The zero-order chi connectivity index (χ0) is 7.33. The highest BCUT2D eigenvalue weighted by Crippen LogP contribution is 2.13. The lowest BCUT2D eigenvalue weighted by Crippen LogP contribution is -2.23. The van der Waals surface area contributed by atoms with Crippen molar-refractivity contribution in [1.29, 1.82) is 0 Å². The second kappa shape index (κ2) is 3.76. The topological polar surface area (TPSA) is 20.2 Å². The van der Waals surface area contributed by atoms with E-state index in [2.05, 4.69) is 5.92 Å². The zero-order valence-corrected chi connectivity index (χ0v) is 6.28. The van der Waals surface area contributed by atoms with E-state index in [0.717, 1.165) is 0 Å². The van der Waals surface area contributed by atoms with Crippen molar-refractivity contribution < 1.29 is 5.11 Å². The van der Waals surface area contributed by atoms with E-state index in [0.29, 0.717) is 18.7 Å². The molecule has 0 spiro atoms. The van der Waals surface area contributed by atoms with Gasteiger partial charge in [0.2, 0.25) is 0 Å². The van der Waals surface area contributed by atoms with Crippen LogP contribution in [-0.4, -0.2) is 16.6 Å². The molecular formula is C7H11ClO. The summed E-state index contributed by atoms with van der Waals surface area (Å²) in [5.41, 5.74) is -0.767. The minimum atomic E-state index is -0.767. The molecule has 0 aromatic carbocycles. The van der Waals surface area contributed by atoms with Crippen molar-refractivity contribution in [3.63, 3.8) is 0 Å². The standard InChI is InChI=1S/C7H11ClO/c1-3-4-7(2,9)5-6-8/h1,9H,4-6H2,2H3. The van der Waals surface area contributed by atoms with Crippen LogP contribution in [0.25, 0.3) is 0 Å². The van der Waals surface area contributed by atoms with Crippen molar-refractivity contribution >= 4 is 11.6 Å². The van der Waals surface area contributed by atoms with E-state index in [1.807, 2.05) is 0 Å². The molecule has 1 atom stereocenters. The Kier molecular flexibility index (Phi) is 3.68. The van der Waals surface area contributed by atoms with Gasteiger partial charge in [-0.2, -0.15) is 0 Å². The SMILES string of the molecule is C#CCC(C)(O)CCCl. The summed E-state index contributed by atoms with van der Waals surface area (Å²) in [7, 11) is 0. The van der Waals surface area contributed by atoms with Gasteiger partial charge in [0.1, 0.15) is 0 Å². The van der Waals surface area contributed by atoms with Crippen LogP contribution in [0.3, 0.4) is 0 Å². The molecule has 2 heteroatoms. The first-order chi connectivity index (χ1) is 4.12. The predicted octanol–water partition coefficient (Wildman–Crippen LogP) is 1.39. The minimum absolute atomic E-state index is 0.375. The number of rotatable bonds is 3. The molecule has 0 heterocycles. The highest BCUT2D eigenvalue weighted by Gasteiger charge is 2.16. The molecule has 0 fully saturated rings. The monoisotopic (exact) mass is 146 g/mol. The number of alkyl halides is 1. The van der Waals surface area contributed by atoms with Crippen LogP contribution < -0.4 is 0 Å². The minimum Gasteiger partial charge on any atom is -0.389 e. The molecule has 0 aromatic rings. The Hall–Kier alpha value is -0.190. The molecule has 0 aliphatic carbocycles. The smallest absolute Gasteiger partial charge is 0.0739 e. The molecule has 1 unspecified atom stereocenters. The number of aliphatic hydroxyl groups is 1. The summed E-state index contributed by atoms with van der Waals surface area (Å²) in [6.07, 6.45) is 5.92. The summed E-state index contributed by atoms with van der Waals surface area (Å²) in [6.45, 7) is 1.69. The van der Waals surface area contributed by atoms with E-state index in [1.54, 1.807) is 6.92 Å². The molecule has 0 aromatic heterocycles. The van der Waals surface area contributed by atoms with Gasteiger partial charge in [0.05, 0.1) is 5.60 Å². The predicted molar refractivity (Wildman–Crippen MR) is 39.4 cm³/mol. The molecule has 0 saturated carbocycles. The van der Waals surface area contributed by atoms with E-state index in [9.17, 15) is 5.11 Å². The average Bonchev–Trinajstić information content (AvgIpc) is 1.64. The lowest BCUT2D eigenvalue weighted by atomic mass is 10.0. The summed E-state index contributed by atoms with van der Waals surface area (Å²) >= 11 is 5.39. The third-order valence-electron chi connectivity index (χ3n) is 1.12. The van der Waals surface area contributed by atoms with Crippen molar-refractivity contribution in [2.45, 2.75) is 25.4 Å². The highest BCUT2D eigenvalue weighted by molar-refractivity contribution is 6.17. The van der Waals surface area contributed by atoms with E-state index < -0.39 is 5.60 Å². The van der Waals surface area contributed by atoms with Crippen molar-refractivity contribution in [2.75, 3.05) is 5.88 Å². The van der Waals surface area contributed by atoms with Gasteiger partial charge in [0, 0.05) is 12.3 Å². The fourth-order valence-corrected chi connectivity index (χ4v) is 0.919. The molecule has 0 bridgehead atoms. The van der Waals surface area contributed by atoms with Crippen molar-refractivity contribution in [3.05, 3.63) is 0 Å². The number of terminal acetylenes is 1. The summed E-state index contributed by atoms with van der Waals surface area (Å²) < 4.78 is 0. The van der Waals surface area contributed by atoms with Gasteiger partial charge in [-0.15, -0.1) is 23.9 Å². The molecule has 52 valence electrons. The third kappa shape index (κ3) is 4.32. The first-order valence-corrected chi connectivity index (χ1v) is 3.37. The Morgan fingerprint density at radius 3 is 2.67 bits per heavy atom. The van der Waals surface area contributed by atoms with Gasteiger partial charge >= 0.3 is 0 Å². The Labute approximate surface area is 61.0 Å². The van der Waals surface area contributed by atoms with Crippen LogP contribution >= 0.6 is 11.6 Å². The van der Waals surface area contributed by atoms with Crippen LogP contribution in [0.15, 0.2) is 0 Å². The van der Waals surface area contributed by atoms with Crippen LogP contribution in [0.1, 0.15) is 19.8 Å². The summed E-state index contributed by atoms with van der Waals surface area (Å²) in [4.78, 5) is 0. The summed E-state index contributed by atoms with van der Waals surface area (Å²) in [5, 5.41) is 9.29. The Balaban J connectivity index is 3.59. The second-order valence-electron chi connectivity index (χ2n) is 2.32. The molecule has 0 rings (SSSR count). The molecule has 0 saturated heterocycles. The molecular weight excluding hydrogens is 136 g/mol. The van der Waals surface area contributed by atoms with Crippen LogP contribution in [0.4, 0.5) is 0 Å². The molecule has 0 amide bonds. The maximum atomic E-state index is 9.29. The Bertz CT molecular complexity index is 113. The number of halogens is 1. The molecule has 0 aliphatic heterocycles. The van der Waals surface area contributed by atoms with Crippen molar-refractivity contribution in [3.8, 4) is 12.3 Å². The highest BCUT2D eigenvalue weighted by atomic mass is 35.5. The second-order valence-corrected chi connectivity index (χ2v) is 2.69. The van der Waals surface area contributed by atoms with Crippen molar-refractivity contribution in [2.24, 2.45) is 0 Å². The normalized spacial score (nSPS) is 16.2. The van der Waals surface area contributed by atoms with E-state index in [4.69, 9.17) is 18.0 Å². The van der Waals surface area contributed by atoms with Gasteiger partial charge < -0.3 is 5.11 Å². The Morgan fingerprint density at radius 1 is 1.78 bits per heavy atom. The molecule has 1 nitrogen and oxygen atoms in total.